The van der Waals surface area contributed by atoms with Crippen molar-refractivity contribution in [3.8, 4) is 0 Å². The number of primary sulfonamides is 1. The largest absolute Gasteiger partial charge is 0.459 e. The standard InChI is InChI=1S/C10H12BrNO4S/c1-6(2)16-10(13)7-3-4-8(11)9(5-7)17(12,14)15/h3-6H,1-2H3,(H2,12,14,15). The molecule has 2 N–H and O–H groups in total. The second-order valence-corrected chi connectivity index (χ2v) is 6.03. The number of halogens is 1. The normalized spacial score (nSPS) is 11.6. The smallest absolute Gasteiger partial charge is 0.338 e. The Bertz CT molecular complexity index is 539. The molecule has 0 fully saturated rings. The van der Waals surface area contributed by atoms with Gasteiger partial charge in [-0.05, 0) is 48.0 Å². The minimum Gasteiger partial charge on any atom is -0.459 e. The highest BCUT2D eigenvalue weighted by Crippen LogP contribution is 2.22. The zero-order chi connectivity index (χ0) is 13.2. The molecule has 0 amide bonds. The predicted octanol–water partition coefficient (Wildman–Crippen LogP) is 1.66. The molecule has 0 atom stereocenters. The molecule has 0 aliphatic carbocycles. The number of hydrogen-bond donors (Lipinski definition) is 1. The molecule has 0 spiro atoms. The van der Waals surface area contributed by atoms with Crippen LogP contribution in [-0.2, 0) is 14.8 Å². The van der Waals surface area contributed by atoms with E-state index in [2.05, 4.69) is 15.9 Å². The lowest BCUT2D eigenvalue weighted by Crippen LogP contribution is -2.15. The van der Waals surface area contributed by atoms with Gasteiger partial charge in [-0.2, -0.15) is 0 Å². The Hall–Kier alpha value is -0.920. The number of ether oxygens (including phenoxy) is 1. The van der Waals surface area contributed by atoms with Crippen molar-refractivity contribution in [3.05, 3.63) is 28.2 Å². The van der Waals surface area contributed by atoms with Gasteiger partial charge in [0.15, 0.2) is 0 Å². The van der Waals surface area contributed by atoms with E-state index in [1.54, 1.807) is 13.8 Å². The zero-order valence-corrected chi connectivity index (χ0v) is 11.7. The minimum atomic E-state index is -3.87. The monoisotopic (exact) mass is 321 g/mol. The molecule has 0 aliphatic rings. The van der Waals surface area contributed by atoms with Crippen molar-refractivity contribution in [1.29, 1.82) is 0 Å². The van der Waals surface area contributed by atoms with Gasteiger partial charge in [0.2, 0.25) is 10.0 Å². The van der Waals surface area contributed by atoms with Crippen molar-refractivity contribution in [2.75, 3.05) is 0 Å². The Labute approximate surface area is 108 Å². The molecule has 0 saturated heterocycles. The molecule has 1 aromatic carbocycles. The number of sulfonamides is 1. The van der Waals surface area contributed by atoms with E-state index in [-0.39, 0.29) is 16.6 Å². The van der Waals surface area contributed by atoms with Gasteiger partial charge in [-0.1, -0.05) is 0 Å². The molecule has 1 rings (SSSR count). The molecule has 0 bridgehead atoms. The third-order valence-electron chi connectivity index (χ3n) is 1.82. The lowest BCUT2D eigenvalue weighted by molar-refractivity contribution is 0.0377. The summed E-state index contributed by atoms with van der Waals surface area (Å²) >= 11 is 3.05. The predicted molar refractivity (Wildman–Crippen MR) is 66.1 cm³/mol. The second-order valence-electron chi connectivity index (χ2n) is 3.64. The van der Waals surface area contributed by atoms with Crippen molar-refractivity contribution in [3.63, 3.8) is 0 Å². The third-order valence-corrected chi connectivity index (χ3v) is 3.72. The first kappa shape index (κ1) is 14.1. The Kier molecular flexibility index (Phi) is 4.29. The maximum Gasteiger partial charge on any atom is 0.338 e. The number of carbonyl (C=O) groups is 1. The summed E-state index contributed by atoms with van der Waals surface area (Å²) in [7, 11) is -3.87. The van der Waals surface area contributed by atoms with E-state index < -0.39 is 16.0 Å². The molecular formula is C10H12BrNO4S. The van der Waals surface area contributed by atoms with Gasteiger partial charge in [0.1, 0.15) is 0 Å². The quantitative estimate of drug-likeness (QED) is 0.858. The van der Waals surface area contributed by atoms with E-state index in [0.717, 1.165) is 0 Å². The number of benzene rings is 1. The first-order valence-electron chi connectivity index (χ1n) is 4.75. The van der Waals surface area contributed by atoms with Gasteiger partial charge in [0.25, 0.3) is 0 Å². The van der Waals surface area contributed by atoms with Crippen LogP contribution in [0.1, 0.15) is 24.2 Å². The van der Waals surface area contributed by atoms with Crippen molar-refractivity contribution in [2.24, 2.45) is 5.14 Å². The van der Waals surface area contributed by atoms with Gasteiger partial charge in [0, 0.05) is 4.47 Å². The summed E-state index contributed by atoms with van der Waals surface area (Å²) in [6.07, 6.45) is -0.274. The third kappa shape index (κ3) is 3.79. The molecule has 0 aliphatic heterocycles. The van der Waals surface area contributed by atoms with Crippen molar-refractivity contribution in [2.45, 2.75) is 24.8 Å². The fourth-order valence-corrected chi connectivity index (χ4v) is 2.69. The topological polar surface area (TPSA) is 86.5 Å². The highest BCUT2D eigenvalue weighted by molar-refractivity contribution is 9.10. The van der Waals surface area contributed by atoms with Gasteiger partial charge in [-0.3, -0.25) is 0 Å². The molecule has 94 valence electrons. The van der Waals surface area contributed by atoms with Crippen LogP contribution in [0.3, 0.4) is 0 Å². The lowest BCUT2D eigenvalue weighted by atomic mass is 10.2. The molecule has 5 nitrogen and oxygen atoms in total. The molecule has 17 heavy (non-hydrogen) atoms. The van der Waals surface area contributed by atoms with E-state index in [4.69, 9.17) is 9.88 Å². The molecular weight excluding hydrogens is 310 g/mol. The van der Waals surface area contributed by atoms with Gasteiger partial charge in [0.05, 0.1) is 16.6 Å². The van der Waals surface area contributed by atoms with E-state index in [1.807, 2.05) is 0 Å². The van der Waals surface area contributed by atoms with Crippen LogP contribution in [0.2, 0.25) is 0 Å². The van der Waals surface area contributed by atoms with Crippen LogP contribution >= 0.6 is 15.9 Å². The Morgan fingerprint density at radius 1 is 1.41 bits per heavy atom. The van der Waals surface area contributed by atoms with Crippen molar-refractivity contribution >= 4 is 31.9 Å². The number of nitrogens with two attached hydrogens (primary N) is 1. The number of hydrogen-bond acceptors (Lipinski definition) is 4. The molecule has 7 heteroatoms. The lowest BCUT2D eigenvalue weighted by Gasteiger charge is -2.09. The first-order valence-corrected chi connectivity index (χ1v) is 7.09. The summed E-state index contributed by atoms with van der Waals surface area (Å²) in [5.41, 5.74) is 0.144. The molecule has 0 radical (unpaired) electrons. The number of esters is 1. The van der Waals surface area contributed by atoms with E-state index in [1.165, 1.54) is 18.2 Å². The average Bonchev–Trinajstić information content (AvgIpc) is 2.15. The number of rotatable bonds is 3. The van der Waals surface area contributed by atoms with Gasteiger partial charge in [-0.25, -0.2) is 18.4 Å². The van der Waals surface area contributed by atoms with Crippen LogP contribution in [-0.4, -0.2) is 20.5 Å². The molecule has 0 unspecified atom stereocenters. The highest BCUT2D eigenvalue weighted by atomic mass is 79.9. The van der Waals surface area contributed by atoms with Crippen LogP contribution in [0, 0.1) is 0 Å². The zero-order valence-electron chi connectivity index (χ0n) is 9.31. The Morgan fingerprint density at radius 2 is 2.00 bits per heavy atom. The summed E-state index contributed by atoms with van der Waals surface area (Å²) in [5.74, 6) is -0.586. The summed E-state index contributed by atoms with van der Waals surface area (Å²) in [6.45, 7) is 3.41. The molecule has 0 saturated carbocycles. The summed E-state index contributed by atoms with van der Waals surface area (Å²) in [4.78, 5) is 11.4. The van der Waals surface area contributed by atoms with Crippen LogP contribution in [0.25, 0.3) is 0 Å². The maximum absolute atomic E-state index is 11.6. The van der Waals surface area contributed by atoms with E-state index >= 15 is 0 Å². The van der Waals surface area contributed by atoms with Crippen LogP contribution in [0.15, 0.2) is 27.6 Å². The second kappa shape index (κ2) is 5.16. The van der Waals surface area contributed by atoms with Crippen molar-refractivity contribution < 1.29 is 17.9 Å². The molecule has 1 aromatic rings. The van der Waals surface area contributed by atoms with Gasteiger partial charge < -0.3 is 4.74 Å². The molecule has 0 heterocycles. The van der Waals surface area contributed by atoms with E-state index in [9.17, 15) is 13.2 Å². The van der Waals surface area contributed by atoms with Crippen LogP contribution in [0.5, 0.6) is 0 Å². The van der Waals surface area contributed by atoms with Gasteiger partial charge >= 0.3 is 5.97 Å². The SMILES string of the molecule is CC(C)OC(=O)c1ccc(Br)c(S(N)(=O)=O)c1. The first-order chi connectivity index (χ1) is 7.71. The van der Waals surface area contributed by atoms with Crippen LogP contribution < -0.4 is 5.14 Å². The summed E-state index contributed by atoms with van der Waals surface area (Å²) in [5, 5.41) is 5.02. The number of carbonyl (C=O) groups excluding carboxylic acids is 1. The van der Waals surface area contributed by atoms with Crippen LogP contribution in [0.4, 0.5) is 0 Å². The minimum absolute atomic E-state index is 0.143. The Morgan fingerprint density at radius 3 is 2.47 bits per heavy atom. The Balaban J connectivity index is 3.18. The highest BCUT2D eigenvalue weighted by Gasteiger charge is 2.17. The van der Waals surface area contributed by atoms with Crippen molar-refractivity contribution in [1.82, 2.24) is 0 Å². The average molecular weight is 322 g/mol. The molecule has 0 aromatic heterocycles. The summed E-state index contributed by atoms with van der Waals surface area (Å²) < 4.78 is 27.8. The van der Waals surface area contributed by atoms with Gasteiger partial charge in [-0.15, -0.1) is 0 Å². The fourth-order valence-electron chi connectivity index (χ4n) is 1.13. The van der Waals surface area contributed by atoms with E-state index in [0.29, 0.717) is 4.47 Å². The fraction of sp³-hybridized carbons (Fsp3) is 0.300. The maximum atomic E-state index is 11.6. The summed E-state index contributed by atoms with van der Waals surface area (Å²) in [6, 6.07) is 4.09.